The highest BCUT2D eigenvalue weighted by molar-refractivity contribution is 8.02. The Labute approximate surface area is 226 Å². The van der Waals surface area contributed by atoms with Gasteiger partial charge in [0.1, 0.15) is 11.0 Å². The van der Waals surface area contributed by atoms with Crippen LogP contribution in [0.3, 0.4) is 0 Å². The van der Waals surface area contributed by atoms with Crippen LogP contribution in [0.5, 0.6) is 0 Å². The summed E-state index contributed by atoms with van der Waals surface area (Å²) >= 11 is 3.46. The highest BCUT2D eigenvalue weighted by atomic mass is 32.2. The minimum absolute atomic E-state index is 0.718. The van der Waals surface area contributed by atoms with Crippen molar-refractivity contribution in [1.82, 2.24) is 24.1 Å². The Hall–Kier alpha value is -4.14. The fourth-order valence-electron chi connectivity index (χ4n) is 5.37. The molecule has 0 saturated heterocycles. The molecule has 8 heteroatoms. The van der Waals surface area contributed by atoms with Crippen LogP contribution in [0.4, 0.5) is 0 Å². The molecule has 0 aliphatic heterocycles. The Morgan fingerprint density at radius 2 is 1.55 bits per heavy atom. The monoisotopic (exact) mass is 530 g/mol. The van der Waals surface area contributed by atoms with Crippen molar-refractivity contribution in [2.75, 3.05) is 0 Å². The molecule has 0 atom stereocenters. The normalized spacial score (nSPS) is 14.2. The van der Waals surface area contributed by atoms with Crippen molar-refractivity contribution in [3.63, 3.8) is 0 Å². The largest absolute Gasteiger partial charge is 0.398 e. The number of aromatic nitrogens is 5. The van der Waals surface area contributed by atoms with E-state index >= 15 is 0 Å². The van der Waals surface area contributed by atoms with Crippen LogP contribution in [0.15, 0.2) is 95.6 Å². The summed E-state index contributed by atoms with van der Waals surface area (Å²) < 4.78 is 5.60. The number of rotatable bonds is 4. The van der Waals surface area contributed by atoms with Gasteiger partial charge < -0.3 is 10.3 Å². The van der Waals surface area contributed by atoms with E-state index < -0.39 is 0 Å². The lowest BCUT2D eigenvalue weighted by molar-refractivity contribution is 0.949. The summed E-state index contributed by atoms with van der Waals surface area (Å²) in [6.07, 6.45) is 6.17. The van der Waals surface area contributed by atoms with Gasteiger partial charge in [0.25, 0.3) is 0 Å². The second-order valence-corrected chi connectivity index (χ2v) is 11.5. The van der Waals surface area contributed by atoms with Gasteiger partial charge in [-0.15, -0.1) is 11.8 Å². The Bertz CT molecular complexity index is 2080. The van der Waals surface area contributed by atoms with E-state index in [1.165, 1.54) is 4.91 Å². The molecule has 6 nitrogen and oxygen atoms in total. The summed E-state index contributed by atoms with van der Waals surface area (Å²) in [4.78, 5) is 16.8. The van der Waals surface area contributed by atoms with Crippen LogP contribution in [0.2, 0.25) is 0 Å². The Morgan fingerprint density at radius 1 is 0.816 bits per heavy atom. The molecular weight excluding hydrogens is 509 g/mol. The maximum atomic E-state index is 6.30. The molecule has 0 unspecified atom stereocenters. The van der Waals surface area contributed by atoms with Gasteiger partial charge in [-0.1, -0.05) is 65.9 Å². The van der Waals surface area contributed by atoms with Gasteiger partial charge in [0, 0.05) is 21.4 Å². The first-order valence-corrected chi connectivity index (χ1v) is 14.4. The van der Waals surface area contributed by atoms with E-state index in [1.807, 2.05) is 12.1 Å². The lowest BCUT2D eigenvalue weighted by atomic mass is 10.1. The number of allylic oxidation sites excluding steroid dienone is 3. The second kappa shape index (κ2) is 8.44. The zero-order valence-corrected chi connectivity index (χ0v) is 22.0. The van der Waals surface area contributed by atoms with E-state index in [-0.39, 0.29) is 0 Å². The third kappa shape index (κ3) is 3.23. The maximum absolute atomic E-state index is 6.30. The summed E-state index contributed by atoms with van der Waals surface area (Å²) in [5.41, 5.74) is 13.9. The summed E-state index contributed by atoms with van der Waals surface area (Å²) in [5.74, 6) is 0.718. The standard InChI is InChI=1S/C30H22N6S2/c31-20-11-3-7-15-24(20)37-17-35-22-13-5-1-9-18(22)26-28(35)34-29-27(33-26)19-10-2-6-14-23(19)36(29)30-32-21-12-4-8-16-25(21)38-30/h1-6,8-14,16H,7,15,17,31H2. The molecule has 8 rings (SSSR count). The molecule has 1 aliphatic rings. The smallest absolute Gasteiger partial charge is 0.196 e. The Morgan fingerprint density at radius 3 is 2.39 bits per heavy atom. The molecule has 184 valence electrons. The first-order chi connectivity index (χ1) is 18.8. The number of nitrogens with zero attached hydrogens (tertiary/aromatic N) is 5. The lowest BCUT2D eigenvalue weighted by Gasteiger charge is -2.13. The van der Waals surface area contributed by atoms with E-state index in [2.05, 4.69) is 81.9 Å². The highest BCUT2D eigenvalue weighted by Gasteiger charge is 2.22. The molecule has 0 bridgehead atoms. The van der Waals surface area contributed by atoms with Crippen molar-refractivity contribution >= 4 is 77.4 Å². The number of nitrogens with two attached hydrogens (primary N) is 1. The van der Waals surface area contributed by atoms with Gasteiger partial charge in [-0.3, -0.25) is 4.57 Å². The van der Waals surface area contributed by atoms with Gasteiger partial charge in [-0.2, -0.15) is 0 Å². The molecule has 38 heavy (non-hydrogen) atoms. The third-order valence-corrected chi connectivity index (χ3v) is 9.37. The van der Waals surface area contributed by atoms with E-state index in [1.54, 1.807) is 23.1 Å². The zero-order chi connectivity index (χ0) is 25.2. The van der Waals surface area contributed by atoms with Gasteiger partial charge in [-0.05, 0) is 43.2 Å². The molecule has 0 fully saturated rings. The van der Waals surface area contributed by atoms with Gasteiger partial charge in [0.2, 0.25) is 0 Å². The molecule has 0 amide bonds. The summed E-state index contributed by atoms with van der Waals surface area (Å²) in [6, 6.07) is 25.1. The molecule has 7 aromatic rings. The lowest BCUT2D eigenvalue weighted by Crippen LogP contribution is -2.04. The molecule has 0 spiro atoms. The van der Waals surface area contributed by atoms with Crippen LogP contribution in [-0.2, 0) is 5.88 Å². The first kappa shape index (κ1) is 21.9. The summed E-state index contributed by atoms with van der Waals surface area (Å²) in [7, 11) is 0. The average molecular weight is 531 g/mol. The fraction of sp³-hybridized carbons (Fsp3) is 0.100. The molecular formula is C30H22N6S2. The van der Waals surface area contributed by atoms with Crippen molar-refractivity contribution in [1.29, 1.82) is 0 Å². The zero-order valence-electron chi connectivity index (χ0n) is 20.3. The number of hydrogen-bond acceptors (Lipinski definition) is 6. The number of thiazole rings is 1. The fourth-order valence-corrected chi connectivity index (χ4v) is 7.39. The van der Waals surface area contributed by atoms with E-state index in [0.717, 1.165) is 83.9 Å². The van der Waals surface area contributed by atoms with Gasteiger partial charge in [0.05, 0.1) is 27.1 Å². The van der Waals surface area contributed by atoms with Crippen molar-refractivity contribution in [2.45, 2.75) is 18.7 Å². The van der Waals surface area contributed by atoms with Crippen molar-refractivity contribution < 1.29 is 0 Å². The molecule has 0 saturated carbocycles. The number of fused-ring (bicyclic) bond motifs is 7. The topological polar surface area (TPSA) is 74.6 Å². The summed E-state index contributed by atoms with van der Waals surface area (Å²) in [6.45, 7) is 0. The van der Waals surface area contributed by atoms with Crippen LogP contribution >= 0.6 is 23.1 Å². The predicted octanol–water partition coefficient (Wildman–Crippen LogP) is 7.50. The average Bonchev–Trinajstić information content (AvgIpc) is 3.61. The van der Waals surface area contributed by atoms with Crippen LogP contribution in [-0.4, -0.2) is 24.1 Å². The quantitative estimate of drug-likeness (QED) is 0.255. The molecule has 1 aliphatic carbocycles. The SMILES string of the molecule is NC1=C(SCn2c3ccccc3c3nc4c5ccccc5n(-c5nc6ccccc6s5)c4nc32)CCC=C1. The van der Waals surface area contributed by atoms with E-state index in [4.69, 9.17) is 20.7 Å². The van der Waals surface area contributed by atoms with Crippen molar-refractivity contribution in [2.24, 2.45) is 5.73 Å². The van der Waals surface area contributed by atoms with Crippen molar-refractivity contribution in [3.8, 4) is 5.13 Å². The molecule has 0 radical (unpaired) electrons. The molecule has 3 aromatic carbocycles. The number of thioether (sulfide) groups is 1. The molecule has 2 N–H and O–H groups in total. The van der Waals surface area contributed by atoms with Gasteiger partial charge in [-0.25, -0.2) is 15.0 Å². The molecule has 4 heterocycles. The Balaban J connectivity index is 1.41. The Kier molecular flexibility index (Phi) is 4.86. The third-order valence-electron chi connectivity index (χ3n) is 7.18. The van der Waals surface area contributed by atoms with Gasteiger partial charge in [0.15, 0.2) is 16.4 Å². The highest BCUT2D eigenvalue weighted by Crippen LogP contribution is 2.37. The number of benzene rings is 3. The van der Waals surface area contributed by atoms with E-state index in [0.29, 0.717) is 0 Å². The van der Waals surface area contributed by atoms with E-state index in [9.17, 15) is 0 Å². The number of para-hydroxylation sites is 3. The first-order valence-electron chi connectivity index (χ1n) is 12.6. The summed E-state index contributed by atoms with van der Waals surface area (Å²) in [5, 5.41) is 3.09. The minimum Gasteiger partial charge on any atom is -0.398 e. The van der Waals surface area contributed by atoms with Crippen LogP contribution < -0.4 is 5.73 Å². The van der Waals surface area contributed by atoms with Crippen LogP contribution in [0.1, 0.15) is 12.8 Å². The minimum atomic E-state index is 0.718. The van der Waals surface area contributed by atoms with Crippen LogP contribution in [0.25, 0.3) is 59.5 Å². The molecule has 4 aromatic heterocycles. The number of hydrogen-bond donors (Lipinski definition) is 1. The maximum Gasteiger partial charge on any atom is 0.196 e. The van der Waals surface area contributed by atoms with Crippen LogP contribution in [0, 0.1) is 0 Å². The second-order valence-electron chi connectivity index (χ2n) is 9.42. The predicted molar refractivity (Wildman–Crippen MR) is 160 cm³/mol. The van der Waals surface area contributed by atoms with Gasteiger partial charge >= 0.3 is 0 Å². The van der Waals surface area contributed by atoms with Crippen molar-refractivity contribution in [3.05, 3.63) is 95.6 Å².